The third kappa shape index (κ3) is 2.89. The van der Waals surface area contributed by atoms with Gasteiger partial charge in [-0.2, -0.15) is 0 Å². The van der Waals surface area contributed by atoms with Crippen LogP contribution in [0.5, 0.6) is 11.5 Å². The zero-order valence-corrected chi connectivity index (χ0v) is 9.82. The number of hydrogen-bond acceptors (Lipinski definition) is 3. The average Bonchev–Trinajstić information content (AvgIpc) is 2.20. The Kier molecular flexibility index (Phi) is 3.77. The molecule has 0 atom stereocenters. The number of nitrogens with two attached hydrogens (primary N) is 1. The molecule has 2 N–H and O–H groups in total. The smallest absolute Gasteiger partial charge is 0.261 e. The van der Waals surface area contributed by atoms with E-state index in [4.69, 9.17) is 15.2 Å². The van der Waals surface area contributed by atoms with Crippen molar-refractivity contribution in [3.05, 3.63) is 24.3 Å². The summed E-state index contributed by atoms with van der Waals surface area (Å²) in [5, 5.41) is 0. The van der Waals surface area contributed by atoms with Crippen molar-refractivity contribution >= 4 is 5.91 Å². The van der Waals surface area contributed by atoms with Gasteiger partial charge < -0.3 is 15.2 Å². The Morgan fingerprint density at radius 1 is 1.31 bits per heavy atom. The van der Waals surface area contributed by atoms with Crippen LogP contribution in [0.4, 0.5) is 0 Å². The van der Waals surface area contributed by atoms with Gasteiger partial charge in [-0.25, -0.2) is 0 Å². The minimum Gasteiger partial charge on any atom is -0.490 e. The topological polar surface area (TPSA) is 61.6 Å². The summed E-state index contributed by atoms with van der Waals surface area (Å²) >= 11 is 0. The van der Waals surface area contributed by atoms with Crippen molar-refractivity contribution in [1.82, 2.24) is 0 Å². The fourth-order valence-corrected chi connectivity index (χ4v) is 1.13. The molecular weight excluding hydrogens is 206 g/mol. The molecule has 0 aliphatic heterocycles. The number of hydrogen-bond donors (Lipinski definition) is 1. The Balaban J connectivity index is 2.92. The molecule has 0 aromatic heterocycles. The standard InChI is InChI=1S/C12H17NO3/c1-4-15-9-7-5-6-8-10(9)16-12(2,3)11(13)14/h5-8H,4H2,1-3H3,(H2,13,14). The Hall–Kier alpha value is -1.71. The van der Waals surface area contributed by atoms with Gasteiger partial charge in [-0.05, 0) is 32.9 Å². The monoisotopic (exact) mass is 223 g/mol. The molecule has 4 nitrogen and oxygen atoms in total. The molecule has 1 amide bonds. The molecule has 0 unspecified atom stereocenters. The summed E-state index contributed by atoms with van der Waals surface area (Å²) in [6, 6.07) is 7.19. The van der Waals surface area contributed by atoms with E-state index >= 15 is 0 Å². The van der Waals surface area contributed by atoms with Crippen molar-refractivity contribution in [2.45, 2.75) is 26.4 Å². The molecule has 1 rings (SSSR count). The van der Waals surface area contributed by atoms with Crippen LogP contribution in [-0.4, -0.2) is 18.1 Å². The second-order valence-electron chi connectivity index (χ2n) is 3.86. The molecule has 4 heteroatoms. The molecule has 0 spiro atoms. The normalized spacial score (nSPS) is 10.9. The number of ether oxygens (including phenoxy) is 2. The molecule has 0 saturated heterocycles. The first-order valence-electron chi connectivity index (χ1n) is 5.18. The number of para-hydroxylation sites is 2. The van der Waals surface area contributed by atoms with Crippen molar-refractivity contribution in [1.29, 1.82) is 0 Å². The van der Waals surface area contributed by atoms with E-state index in [0.717, 1.165) is 0 Å². The molecule has 0 radical (unpaired) electrons. The van der Waals surface area contributed by atoms with E-state index in [1.807, 2.05) is 19.1 Å². The molecule has 1 aromatic rings. The van der Waals surface area contributed by atoms with Crippen molar-refractivity contribution in [2.75, 3.05) is 6.61 Å². The quantitative estimate of drug-likeness (QED) is 0.826. The summed E-state index contributed by atoms with van der Waals surface area (Å²) in [5.74, 6) is 0.617. The molecule has 0 heterocycles. The van der Waals surface area contributed by atoms with Crippen LogP contribution in [-0.2, 0) is 4.79 Å². The van der Waals surface area contributed by atoms with Crippen LogP contribution in [0.1, 0.15) is 20.8 Å². The molecule has 88 valence electrons. The Morgan fingerprint density at radius 3 is 2.38 bits per heavy atom. The zero-order chi connectivity index (χ0) is 12.2. The number of amides is 1. The van der Waals surface area contributed by atoms with E-state index in [1.165, 1.54) is 0 Å². The summed E-state index contributed by atoms with van der Waals surface area (Å²) in [7, 11) is 0. The van der Waals surface area contributed by atoms with Crippen LogP contribution in [0.25, 0.3) is 0 Å². The van der Waals surface area contributed by atoms with Gasteiger partial charge in [-0.3, -0.25) is 4.79 Å². The molecule has 16 heavy (non-hydrogen) atoms. The van der Waals surface area contributed by atoms with E-state index in [0.29, 0.717) is 18.1 Å². The van der Waals surface area contributed by atoms with Gasteiger partial charge in [0.15, 0.2) is 17.1 Å². The van der Waals surface area contributed by atoms with Gasteiger partial charge in [0.1, 0.15) is 0 Å². The molecule has 0 aliphatic carbocycles. The summed E-state index contributed by atoms with van der Waals surface area (Å²) < 4.78 is 10.9. The van der Waals surface area contributed by atoms with E-state index in [9.17, 15) is 4.79 Å². The summed E-state index contributed by atoms with van der Waals surface area (Å²) in [6.07, 6.45) is 0. The molecule has 0 aliphatic rings. The van der Waals surface area contributed by atoms with E-state index < -0.39 is 11.5 Å². The summed E-state index contributed by atoms with van der Waals surface area (Å²) in [6.45, 7) is 5.67. The summed E-state index contributed by atoms with van der Waals surface area (Å²) in [4.78, 5) is 11.2. The van der Waals surface area contributed by atoms with Crippen LogP contribution >= 0.6 is 0 Å². The highest BCUT2D eigenvalue weighted by molar-refractivity contribution is 5.83. The molecule has 0 bridgehead atoms. The molecule has 0 saturated carbocycles. The van der Waals surface area contributed by atoms with Gasteiger partial charge in [0.25, 0.3) is 5.91 Å². The zero-order valence-electron chi connectivity index (χ0n) is 9.82. The highest BCUT2D eigenvalue weighted by atomic mass is 16.5. The number of carbonyl (C=O) groups is 1. The van der Waals surface area contributed by atoms with Crippen molar-refractivity contribution in [3.63, 3.8) is 0 Å². The number of primary amides is 1. The van der Waals surface area contributed by atoms with Gasteiger partial charge in [-0.1, -0.05) is 12.1 Å². The molecular formula is C12H17NO3. The highest BCUT2D eigenvalue weighted by Gasteiger charge is 2.28. The summed E-state index contributed by atoms with van der Waals surface area (Å²) in [5.41, 5.74) is 4.19. The molecule has 1 aromatic carbocycles. The first-order chi connectivity index (χ1) is 7.47. The molecule has 0 fully saturated rings. The first kappa shape index (κ1) is 12.4. The van der Waals surface area contributed by atoms with Gasteiger partial charge in [0.05, 0.1) is 6.61 Å². The lowest BCUT2D eigenvalue weighted by molar-refractivity contribution is -0.130. The minimum absolute atomic E-state index is 0.515. The fourth-order valence-electron chi connectivity index (χ4n) is 1.13. The van der Waals surface area contributed by atoms with Gasteiger partial charge in [0.2, 0.25) is 0 Å². The second kappa shape index (κ2) is 4.88. The third-order valence-electron chi connectivity index (χ3n) is 2.11. The fraction of sp³-hybridized carbons (Fsp3) is 0.417. The van der Waals surface area contributed by atoms with E-state index in [1.54, 1.807) is 26.0 Å². The SMILES string of the molecule is CCOc1ccccc1OC(C)(C)C(N)=O. The van der Waals surface area contributed by atoms with Gasteiger partial charge in [-0.15, -0.1) is 0 Å². The lowest BCUT2D eigenvalue weighted by Gasteiger charge is -2.23. The van der Waals surface area contributed by atoms with Gasteiger partial charge >= 0.3 is 0 Å². The van der Waals surface area contributed by atoms with Gasteiger partial charge in [0, 0.05) is 0 Å². The lowest BCUT2D eigenvalue weighted by atomic mass is 10.1. The first-order valence-corrected chi connectivity index (χ1v) is 5.18. The van der Waals surface area contributed by atoms with Crippen LogP contribution in [0.3, 0.4) is 0 Å². The number of benzene rings is 1. The Labute approximate surface area is 95.3 Å². The maximum absolute atomic E-state index is 11.2. The van der Waals surface area contributed by atoms with Crippen LogP contribution in [0.15, 0.2) is 24.3 Å². The lowest BCUT2D eigenvalue weighted by Crippen LogP contribution is -2.43. The number of carbonyl (C=O) groups excluding carboxylic acids is 1. The maximum atomic E-state index is 11.2. The Bertz CT molecular complexity index is 374. The Morgan fingerprint density at radius 2 is 1.88 bits per heavy atom. The number of rotatable bonds is 5. The van der Waals surface area contributed by atoms with Crippen molar-refractivity contribution in [3.8, 4) is 11.5 Å². The largest absolute Gasteiger partial charge is 0.490 e. The van der Waals surface area contributed by atoms with Crippen LogP contribution < -0.4 is 15.2 Å². The van der Waals surface area contributed by atoms with Crippen LogP contribution in [0, 0.1) is 0 Å². The third-order valence-corrected chi connectivity index (χ3v) is 2.11. The van der Waals surface area contributed by atoms with Crippen molar-refractivity contribution < 1.29 is 14.3 Å². The highest BCUT2D eigenvalue weighted by Crippen LogP contribution is 2.29. The predicted octanol–water partition coefficient (Wildman–Crippen LogP) is 1.73. The average molecular weight is 223 g/mol. The maximum Gasteiger partial charge on any atom is 0.261 e. The van der Waals surface area contributed by atoms with Crippen molar-refractivity contribution in [2.24, 2.45) is 5.73 Å². The second-order valence-corrected chi connectivity index (χ2v) is 3.86. The predicted molar refractivity (Wildman–Crippen MR) is 61.5 cm³/mol. The van der Waals surface area contributed by atoms with E-state index in [2.05, 4.69) is 0 Å². The van der Waals surface area contributed by atoms with E-state index in [-0.39, 0.29) is 0 Å². The minimum atomic E-state index is -1.05. The van der Waals surface area contributed by atoms with Crippen LogP contribution in [0.2, 0.25) is 0 Å².